The summed E-state index contributed by atoms with van der Waals surface area (Å²) in [7, 11) is 0. The van der Waals surface area contributed by atoms with Gasteiger partial charge in [-0.1, -0.05) is 54.4 Å². The molecule has 2 aromatic rings. The van der Waals surface area contributed by atoms with Crippen molar-refractivity contribution in [2.45, 2.75) is 32.7 Å². The van der Waals surface area contributed by atoms with E-state index in [0.29, 0.717) is 6.04 Å². The lowest BCUT2D eigenvalue weighted by Gasteiger charge is -2.20. The van der Waals surface area contributed by atoms with Gasteiger partial charge in [-0.3, -0.25) is 0 Å². The van der Waals surface area contributed by atoms with Gasteiger partial charge in [-0.05, 0) is 65.5 Å². The van der Waals surface area contributed by atoms with Crippen LogP contribution in [0.3, 0.4) is 0 Å². The Labute approximate surface area is 140 Å². The SMILES string of the molecule is CCCNC(Cc1ccc(C)cc1)c1ccc(Br)c(Cl)c1. The van der Waals surface area contributed by atoms with E-state index in [2.05, 4.69) is 65.4 Å². The van der Waals surface area contributed by atoms with Gasteiger partial charge in [0.15, 0.2) is 0 Å². The van der Waals surface area contributed by atoms with E-state index in [0.717, 1.165) is 28.9 Å². The van der Waals surface area contributed by atoms with E-state index in [1.807, 2.05) is 12.1 Å². The topological polar surface area (TPSA) is 12.0 Å². The maximum Gasteiger partial charge on any atom is 0.0551 e. The average Bonchev–Trinajstić information content (AvgIpc) is 2.48. The lowest BCUT2D eigenvalue weighted by atomic mass is 9.98. The van der Waals surface area contributed by atoms with E-state index in [1.165, 1.54) is 16.7 Å². The number of rotatable bonds is 6. The highest BCUT2D eigenvalue weighted by Gasteiger charge is 2.13. The molecule has 0 aromatic heterocycles. The number of hydrogen-bond donors (Lipinski definition) is 1. The van der Waals surface area contributed by atoms with Crippen LogP contribution in [0.5, 0.6) is 0 Å². The van der Waals surface area contributed by atoms with Crippen LogP contribution in [0, 0.1) is 6.92 Å². The maximum atomic E-state index is 6.24. The molecule has 0 saturated carbocycles. The third-order valence-corrected chi connectivity index (χ3v) is 4.78. The largest absolute Gasteiger partial charge is 0.310 e. The van der Waals surface area contributed by atoms with E-state index in [9.17, 15) is 0 Å². The summed E-state index contributed by atoms with van der Waals surface area (Å²) in [6, 6.07) is 15.2. The van der Waals surface area contributed by atoms with Crippen LogP contribution in [0.4, 0.5) is 0 Å². The molecule has 2 aromatic carbocycles. The smallest absolute Gasteiger partial charge is 0.0551 e. The molecule has 0 bridgehead atoms. The van der Waals surface area contributed by atoms with E-state index in [4.69, 9.17) is 11.6 Å². The Morgan fingerprint density at radius 2 is 1.86 bits per heavy atom. The number of halogens is 2. The highest BCUT2D eigenvalue weighted by molar-refractivity contribution is 9.10. The summed E-state index contributed by atoms with van der Waals surface area (Å²) in [5, 5.41) is 4.39. The molecular formula is C18H21BrClN. The lowest BCUT2D eigenvalue weighted by molar-refractivity contribution is 0.529. The standard InChI is InChI=1S/C18H21BrClN/c1-3-10-21-18(11-14-6-4-13(2)5-7-14)15-8-9-16(19)17(20)12-15/h4-9,12,18,21H,3,10-11H2,1-2H3. The molecule has 0 fully saturated rings. The van der Waals surface area contributed by atoms with Gasteiger partial charge in [-0.25, -0.2) is 0 Å². The molecule has 21 heavy (non-hydrogen) atoms. The molecule has 0 heterocycles. The molecular weight excluding hydrogens is 346 g/mol. The van der Waals surface area contributed by atoms with Gasteiger partial charge >= 0.3 is 0 Å². The molecule has 3 heteroatoms. The first-order valence-electron chi connectivity index (χ1n) is 7.34. The summed E-state index contributed by atoms with van der Waals surface area (Å²) < 4.78 is 0.942. The number of benzene rings is 2. The van der Waals surface area contributed by atoms with E-state index >= 15 is 0 Å². The van der Waals surface area contributed by atoms with Crippen LogP contribution in [-0.2, 0) is 6.42 Å². The fourth-order valence-corrected chi connectivity index (χ4v) is 2.75. The monoisotopic (exact) mass is 365 g/mol. The zero-order valence-corrected chi connectivity index (χ0v) is 14.8. The van der Waals surface area contributed by atoms with Crippen LogP contribution in [0.25, 0.3) is 0 Å². The Kier molecular flexibility index (Phi) is 6.28. The van der Waals surface area contributed by atoms with Crippen LogP contribution < -0.4 is 5.32 Å². The highest BCUT2D eigenvalue weighted by Crippen LogP contribution is 2.27. The maximum absolute atomic E-state index is 6.24. The Bertz CT molecular complexity index is 580. The summed E-state index contributed by atoms with van der Waals surface area (Å²) in [6.07, 6.45) is 2.09. The van der Waals surface area contributed by atoms with Crippen LogP contribution in [-0.4, -0.2) is 6.54 Å². The highest BCUT2D eigenvalue weighted by atomic mass is 79.9. The van der Waals surface area contributed by atoms with Crippen LogP contribution in [0.1, 0.15) is 36.1 Å². The fraction of sp³-hybridized carbons (Fsp3) is 0.333. The number of aryl methyl sites for hydroxylation is 1. The van der Waals surface area contributed by atoms with Gasteiger partial charge in [0.2, 0.25) is 0 Å². The predicted molar refractivity (Wildman–Crippen MR) is 95.1 cm³/mol. The molecule has 1 atom stereocenters. The minimum absolute atomic E-state index is 0.290. The van der Waals surface area contributed by atoms with Crippen molar-refractivity contribution in [1.82, 2.24) is 5.32 Å². The number of nitrogens with one attached hydrogen (secondary N) is 1. The third kappa shape index (κ3) is 4.84. The molecule has 0 aliphatic rings. The normalized spacial score (nSPS) is 12.4. The van der Waals surface area contributed by atoms with Crippen molar-refractivity contribution in [3.05, 3.63) is 68.7 Å². The second-order valence-corrected chi connectivity index (χ2v) is 6.63. The van der Waals surface area contributed by atoms with Crippen molar-refractivity contribution in [2.75, 3.05) is 6.54 Å². The fourth-order valence-electron chi connectivity index (χ4n) is 2.32. The second kappa shape index (κ2) is 7.98. The summed E-state index contributed by atoms with van der Waals surface area (Å²) >= 11 is 9.69. The Morgan fingerprint density at radius 3 is 2.48 bits per heavy atom. The molecule has 0 spiro atoms. The molecule has 1 N–H and O–H groups in total. The van der Waals surface area contributed by atoms with Crippen molar-refractivity contribution in [3.8, 4) is 0 Å². The van der Waals surface area contributed by atoms with Gasteiger partial charge in [0.25, 0.3) is 0 Å². The van der Waals surface area contributed by atoms with Gasteiger partial charge in [-0.15, -0.1) is 0 Å². The van der Waals surface area contributed by atoms with Gasteiger partial charge in [0.05, 0.1) is 5.02 Å². The molecule has 0 aliphatic heterocycles. The van der Waals surface area contributed by atoms with Crippen molar-refractivity contribution in [1.29, 1.82) is 0 Å². The molecule has 112 valence electrons. The number of hydrogen-bond acceptors (Lipinski definition) is 1. The third-order valence-electron chi connectivity index (χ3n) is 3.55. The molecule has 1 nitrogen and oxygen atoms in total. The molecule has 0 saturated heterocycles. The Hall–Kier alpha value is -0.830. The van der Waals surface area contributed by atoms with Crippen molar-refractivity contribution in [3.63, 3.8) is 0 Å². The van der Waals surface area contributed by atoms with E-state index < -0.39 is 0 Å². The van der Waals surface area contributed by atoms with E-state index in [1.54, 1.807) is 0 Å². The first kappa shape index (κ1) is 16.5. The zero-order chi connectivity index (χ0) is 15.2. The van der Waals surface area contributed by atoms with Crippen molar-refractivity contribution in [2.24, 2.45) is 0 Å². The summed E-state index contributed by atoms with van der Waals surface area (Å²) in [5.74, 6) is 0. The summed E-state index contributed by atoms with van der Waals surface area (Å²) in [5.41, 5.74) is 3.87. The molecule has 2 rings (SSSR count). The van der Waals surface area contributed by atoms with Gasteiger partial charge in [0.1, 0.15) is 0 Å². The minimum atomic E-state index is 0.290. The quantitative estimate of drug-likeness (QED) is 0.692. The average molecular weight is 367 g/mol. The summed E-state index contributed by atoms with van der Waals surface area (Å²) in [6.45, 7) is 5.31. The molecule has 0 amide bonds. The molecule has 0 radical (unpaired) electrons. The second-order valence-electron chi connectivity index (χ2n) is 5.37. The Morgan fingerprint density at radius 1 is 1.14 bits per heavy atom. The summed E-state index contributed by atoms with van der Waals surface area (Å²) in [4.78, 5) is 0. The van der Waals surface area contributed by atoms with E-state index in [-0.39, 0.29) is 0 Å². The zero-order valence-electron chi connectivity index (χ0n) is 12.5. The Balaban J connectivity index is 2.20. The van der Waals surface area contributed by atoms with Crippen molar-refractivity contribution < 1.29 is 0 Å². The lowest BCUT2D eigenvalue weighted by Crippen LogP contribution is -2.24. The molecule has 0 aliphatic carbocycles. The molecule has 1 unspecified atom stereocenters. The minimum Gasteiger partial charge on any atom is -0.310 e. The van der Waals surface area contributed by atoms with Crippen LogP contribution in [0.15, 0.2) is 46.9 Å². The first-order valence-corrected chi connectivity index (χ1v) is 8.51. The predicted octanol–water partition coefficient (Wildman–Crippen LogP) is 5.69. The van der Waals surface area contributed by atoms with Gasteiger partial charge in [-0.2, -0.15) is 0 Å². The van der Waals surface area contributed by atoms with Gasteiger partial charge < -0.3 is 5.32 Å². The first-order chi connectivity index (χ1) is 10.1. The van der Waals surface area contributed by atoms with Gasteiger partial charge in [0, 0.05) is 10.5 Å². The van der Waals surface area contributed by atoms with Crippen molar-refractivity contribution >= 4 is 27.5 Å². The van der Waals surface area contributed by atoms with Crippen LogP contribution in [0.2, 0.25) is 5.02 Å². The van der Waals surface area contributed by atoms with Crippen LogP contribution >= 0.6 is 27.5 Å².